The number of piperidine rings is 1. The van der Waals surface area contributed by atoms with Gasteiger partial charge in [0.15, 0.2) is 0 Å². The normalized spacial score (nSPS) is 24.5. The van der Waals surface area contributed by atoms with E-state index < -0.39 is 0 Å². The van der Waals surface area contributed by atoms with Gasteiger partial charge in [0.2, 0.25) is 5.91 Å². The van der Waals surface area contributed by atoms with E-state index >= 15 is 0 Å². The highest BCUT2D eigenvalue weighted by molar-refractivity contribution is 5.73. The number of nitrogens with one attached hydrogen (secondary N) is 1. The van der Waals surface area contributed by atoms with Crippen molar-refractivity contribution < 1.29 is 9.53 Å². The molecule has 1 aliphatic carbocycles. The Hall–Kier alpha value is -1.55. The van der Waals surface area contributed by atoms with E-state index in [1.807, 2.05) is 4.90 Å². The minimum atomic E-state index is 0.202. The lowest BCUT2D eigenvalue weighted by Gasteiger charge is -2.38. The van der Waals surface area contributed by atoms with Gasteiger partial charge in [0, 0.05) is 32.6 Å². The molecule has 0 aromatic heterocycles. The maximum absolute atomic E-state index is 11.6. The van der Waals surface area contributed by atoms with Crippen LogP contribution >= 0.6 is 0 Å². The van der Waals surface area contributed by atoms with Crippen molar-refractivity contribution in [3.63, 3.8) is 0 Å². The number of carbonyl (C=O) groups is 1. The molecule has 4 heteroatoms. The number of nitrogens with zero attached hydrogens (tertiary/aromatic N) is 1. The quantitative estimate of drug-likeness (QED) is 0.855. The van der Waals surface area contributed by atoms with E-state index in [1.54, 1.807) is 6.92 Å². The second kappa shape index (κ2) is 8.70. The average Bonchev–Trinajstić information content (AvgIpc) is 3.13. The molecule has 0 unspecified atom stereocenters. The highest BCUT2D eigenvalue weighted by Gasteiger charge is 2.28. The SMILES string of the molecule is CC[C@@H]1CN(C(C)=O)CC[C@H]1NCc1cccc(OC2CCCC2)c1. The highest BCUT2D eigenvalue weighted by Crippen LogP contribution is 2.25. The van der Waals surface area contributed by atoms with Crippen LogP contribution in [0.5, 0.6) is 5.75 Å². The van der Waals surface area contributed by atoms with Gasteiger partial charge in [-0.05, 0) is 55.7 Å². The maximum atomic E-state index is 11.6. The van der Waals surface area contributed by atoms with Gasteiger partial charge in [0.25, 0.3) is 0 Å². The molecule has 4 nitrogen and oxygen atoms in total. The molecule has 2 aliphatic rings. The first-order valence-electron chi connectivity index (χ1n) is 9.90. The summed E-state index contributed by atoms with van der Waals surface area (Å²) in [6, 6.07) is 9.00. The van der Waals surface area contributed by atoms with Gasteiger partial charge in [-0.15, -0.1) is 0 Å². The van der Waals surface area contributed by atoms with Crippen LogP contribution in [0.2, 0.25) is 0 Å². The Balaban J connectivity index is 1.53. The summed E-state index contributed by atoms with van der Waals surface area (Å²) in [4.78, 5) is 13.6. The Labute approximate surface area is 151 Å². The Morgan fingerprint density at radius 2 is 2.08 bits per heavy atom. The van der Waals surface area contributed by atoms with Crippen LogP contribution in [0.1, 0.15) is 57.9 Å². The van der Waals surface area contributed by atoms with Crippen molar-refractivity contribution in [2.24, 2.45) is 5.92 Å². The fourth-order valence-corrected chi connectivity index (χ4v) is 4.18. The molecule has 1 aromatic carbocycles. The fourth-order valence-electron chi connectivity index (χ4n) is 4.18. The average molecular weight is 344 g/mol. The maximum Gasteiger partial charge on any atom is 0.219 e. The van der Waals surface area contributed by atoms with Crippen LogP contribution in [0.25, 0.3) is 0 Å². The molecule has 0 spiro atoms. The van der Waals surface area contributed by atoms with Crippen LogP contribution in [0.3, 0.4) is 0 Å². The molecule has 1 heterocycles. The first-order valence-corrected chi connectivity index (χ1v) is 9.90. The summed E-state index contributed by atoms with van der Waals surface area (Å²) in [5.41, 5.74) is 1.28. The summed E-state index contributed by atoms with van der Waals surface area (Å²) in [6.07, 6.45) is 7.52. The Kier molecular flexibility index (Phi) is 6.35. The fraction of sp³-hybridized carbons (Fsp3) is 0.667. The van der Waals surface area contributed by atoms with Crippen molar-refractivity contribution in [3.05, 3.63) is 29.8 Å². The van der Waals surface area contributed by atoms with Gasteiger partial charge in [-0.25, -0.2) is 0 Å². The Morgan fingerprint density at radius 3 is 2.80 bits per heavy atom. The molecular weight excluding hydrogens is 312 g/mol. The van der Waals surface area contributed by atoms with Crippen molar-refractivity contribution in [2.75, 3.05) is 13.1 Å². The predicted molar refractivity (Wildman–Crippen MR) is 101 cm³/mol. The molecule has 1 aromatic rings. The zero-order valence-corrected chi connectivity index (χ0v) is 15.7. The van der Waals surface area contributed by atoms with Crippen LogP contribution in [0, 0.1) is 5.92 Å². The first-order chi connectivity index (χ1) is 12.2. The third-order valence-corrected chi connectivity index (χ3v) is 5.78. The second-order valence-electron chi connectivity index (χ2n) is 7.58. The molecule has 3 rings (SSSR count). The lowest BCUT2D eigenvalue weighted by molar-refractivity contribution is -0.131. The molecular formula is C21H32N2O2. The number of rotatable bonds is 6. The lowest BCUT2D eigenvalue weighted by Crippen LogP contribution is -2.50. The molecule has 0 bridgehead atoms. The minimum Gasteiger partial charge on any atom is -0.490 e. The number of likely N-dealkylation sites (tertiary alicyclic amines) is 1. The van der Waals surface area contributed by atoms with Gasteiger partial charge in [0.05, 0.1) is 6.10 Å². The molecule has 1 amide bonds. The van der Waals surface area contributed by atoms with E-state index in [9.17, 15) is 4.79 Å². The number of ether oxygens (including phenoxy) is 1. The zero-order valence-electron chi connectivity index (χ0n) is 15.7. The molecule has 1 N–H and O–H groups in total. The lowest BCUT2D eigenvalue weighted by atomic mass is 9.89. The van der Waals surface area contributed by atoms with Crippen molar-refractivity contribution in [1.82, 2.24) is 10.2 Å². The standard InChI is InChI=1S/C21H32N2O2/c1-3-18-15-23(16(2)24)12-11-21(18)22-14-17-7-6-10-20(13-17)25-19-8-4-5-9-19/h6-7,10,13,18-19,21-22H,3-5,8-9,11-12,14-15H2,1-2H3/t18-,21-/m1/s1. The summed E-state index contributed by atoms with van der Waals surface area (Å²) in [7, 11) is 0. The summed E-state index contributed by atoms with van der Waals surface area (Å²) in [5, 5.41) is 3.73. The van der Waals surface area contributed by atoms with E-state index in [2.05, 4.69) is 36.5 Å². The Morgan fingerprint density at radius 1 is 1.28 bits per heavy atom. The number of hydrogen-bond donors (Lipinski definition) is 1. The van der Waals surface area contributed by atoms with E-state index in [0.29, 0.717) is 18.1 Å². The monoisotopic (exact) mass is 344 g/mol. The molecule has 1 saturated heterocycles. The van der Waals surface area contributed by atoms with Crippen LogP contribution < -0.4 is 10.1 Å². The molecule has 2 atom stereocenters. The number of hydrogen-bond acceptors (Lipinski definition) is 3. The van der Waals surface area contributed by atoms with Gasteiger partial charge >= 0.3 is 0 Å². The molecule has 1 aliphatic heterocycles. The van der Waals surface area contributed by atoms with E-state index in [-0.39, 0.29) is 5.91 Å². The smallest absolute Gasteiger partial charge is 0.219 e. The van der Waals surface area contributed by atoms with E-state index in [0.717, 1.165) is 38.2 Å². The van der Waals surface area contributed by atoms with E-state index in [4.69, 9.17) is 4.74 Å². The van der Waals surface area contributed by atoms with Gasteiger partial charge in [-0.1, -0.05) is 25.5 Å². The highest BCUT2D eigenvalue weighted by atomic mass is 16.5. The molecule has 0 radical (unpaired) electrons. The summed E-state index contributed by atoms with van der Waals surface area (Å²) in [5.74, 6) is 1.74. The van der Waals surface area contributed by atoms with Crippen LogP contribution in [0.15, 0.2) is 24.3 Å². The molecule has 2 fully saturated rings. The molecule has 1 saturated carbocycles. The van der Waals surface area contributed by atoms with Gasteiger partial charge in [0.1, 0.15) is 5.75 Å². The number of amides is 1. The van der Waals surface area contributed by atoms with Gasteiger partial charge < -0.3 is 15.0 Å². The third kappa shape index (κ3) is 4.97. The van der Waals surface area contributed by atoms with Crippen molar-refractivity contribution in [3.8, 4) is 5.75 Å². The van der Waals surface area contributed by atoms with Gasteiger partial charge in [-0.2, -0.15) is 0 Å². The van der Waals surface area contributed by atoms with Crippen LogP contribution in [-0.4, -0.2) is 36.0 Å². The van der Waals surface area contributed by atoms with Gasteiger partial charge in [-0.3, -0.25) is 4.79 Å². The van der Waals surface area contributed by atoms with Crippen LogP contribution in [-0.2, 0) is 11.3 Å². The summed E-state index contributed by atoms with van der Waals surface area (Å²) < 4.78 is 6.12. The van der Waals surface area contributed by atoms with Crippen molar-refractivity contribution >= 4 is 5.91 Å². The molecule has 138 valence electrons. The van der Waals surface area contributed by atoms with Crippen molar-refractivity contribution in [2.45, 2.75) is 71.1 Å². The first kappa shape index (κ1) is 18.2. The third-order valence-electron chi connectivity index (χ3n) is 5.78. The molecule has 25 heavy (non-hydrogen) atoms. The summed E-state index contributed by atoms with van der Waals surface area (Å²) >= 11 is 0. The van der Waals surface area contributed by atoms with E-state index in [1.165, 1.54) is 31.2 Å². The number of carbonyl (C=O) groups excluding carboxylic acids is 1. The summed E-state index contributed by atoms with van der Waals surface area (Å²) in [6.45, 7) is 6.52. The zero-order chi connectivity index (χ0) is 17.6. The van der Waals surface area contributed by atoms with Crippen LogP contribution in [0.4, 0.5) is 0 Å². The Bertz CT molecular complexity index is 569. The largest absolute Gasteiger partial charge is 0.490 e. The second-order valence-corrected chi connectivity index (χ2v) is 7.58. The predicted octanol–water partition coefficient (Wildman–Crippen LogP) is 3.74. The minimum absolute atomic E-state index is 0.202. The van der Waals surface area contributed by atoms with Crippen molar-refractivity contribution in [1.29, 1.82) is 0 Å². The topological polar surface area (TPSA) is 41.6 Å². The number of benzene rings is 1.